The van der Waals surface area contributed by atoms with Gasteiger partial charge in [0, 0.05) is 31.8 Å². The van der Waals surface area contributed by atoms with Gasteiger partial charge in [-0.05, 0) is 37.5 Å². The fourth-order valence-corrected chi connectivity index (χ4v) is 7.11. The minimum absolute atomic E-state index is 0.00256. The summed E-state index contributed by atoms with van der Waals surface area (Å²) in [5, 5.41) is 38.9. The summed E-state index contributed by atoms with van der Waals surface area (Å²) in [6, 6.07) is -0.636. The molecule has 4 N–H and O–H groups in total. The molecule has 9 heteroatoms. The minimum atomic E-state index is -1.13. The predicted molar refractivity (Wildman–Crippen MR) is 154 cm³/mol. The van der Waals surface area contributed by atoms with Gasteiger partial charge in [-0.15, -0.1) is 11.3 Å². The summed E-state index contributed by atoms with van der Waals surface area (Å²) in [6.45, 7) is 4.12. The first-order chi connectivity index (χ1) is 18.6. The maximum absolute atomic E-state index is 14.5. The van der Waals surface area contributed by atoms with Crippen molar-refractivity contribution in [2.24, 2.45) is 17.8 Å². The van der Waals surface area contributed by atoms with E-state index < -0.39 is 29.8 Å². The van der Waals surface area contributed by atoms with Crippen LogP contribution in [-0.2, 0) is 16.0 Å². The third-order valence-electron chi connectivity index (χ3n) is 8.73. The van der Waals surface area contributed by atoms with Crippen LogP contribution in [0.2, 0.25) is 0 Å². The molecule has 2 amide bonds. The van der Waals surface area contributed by atoms with E-state index in [1.807, 2.05) is 19.2 Å². The number of aliphatic hydroxyl groups excluding tert-OH is 2. The zero-order valence-electron chi connectivity index (χ0n) is 24.2. The van der Waals surface area contributed by atoms with Gasteiger partial charge in [0.1, 0.15) is 6.10 Å². The van der Waals surface area contributed by atoms with Crippen LogP contribution in [0.15, 0.2) is 10.9 Å². The van der Waals surface area contributed by atoms with E-state index >= 15 is 0 Å². The molecule has 1 aromatic heterocycles. The molecule has 0 bridgehead atoms. The molecule has 2 saturated carbocycles. The van der Waals surface area contributed by atoms with Gasteiger partial charge in [0.2, 0.25) is 11.8 Å². The minimum Gasteiger partial charge on any atom is -0.390 e. The number of rotatable bonds is 14. The first-order valence-electron chi connectivity index (χ1n) is 15.1. The summed E-state index contributed by atoms with van der Waals surface area (Å²) < 4.78 is 0. The second-order valence-corrected chi connectivity index (χ2v) is 13.2. The van der Waals surface area contributed by atoms with Gasteiger partial charge in [-0.1, -0.05) is 65.2 Å². The van der Waals surface area contributed by atoms with Gasteiger partial charge in [0.05, 0.1) is 34.9 Å². The molecule has 1 heterocycles. The fraction of sp³-hybridized carbons (Fsp3) is 0.833. The molecule has 2 fully saturated rings. The molecule has 0 radical (unpaired) electrons. The largest absolute Gasteiger partial charge is 0.390 e. The highest BCUT2D eigenvalue weighted by Crippen LogP contribution is 2.35. The second kappa shape index (κ2) is 15.5. The monoisotopic (exact) mass is 565 g/mol. The molecule has 4 atom stereocenters. The highest BCUT2D eigenvalue weighted by Gasteiger charge is 2.43. The molecule has 0 aliphatic heterocycles. The molecule has 3 rings (SSSR count). The summed E-state index contributed by atoms with van der Waals surface area (Å²) in [5.41, 5.74) is 1.43. The zero-order chi connectivity index (χ0) is 28.4. The van der Waals surface area contributed by atoms with E-state index in [9.17, 15) is 24.9 Å². The Morgan fingerprint density at radius 2 is 1.79 bits per heavy atom. The molecule has 2 aliphatic carbocycles. The number of aliphatic hydroxyl groups is 3. The van der Waals surface area contributed by atoms with Gasteiger partial charge < -0.3 is 25.5 Å². The van der Waals surface area contributed by atoms with Crippen molar-refractivity contribution in [3.8, 4) is 0 Å². The van der Waals surface area contributed by atoms with E-state index in [0.29, 0.717) is 38.0 Å². The number of nitrogens with zero attached hydrogens (tertiary/aromatic N) is 2. The van der Waals surface area contributed by atoms with Crippen molar-refractivity contribution in [1.82, 2.24) is 15.2 Å². The Kier molecular flexibility index (Phi) is 12.7. The third kappa shape index (κ3) is 9.80. The molecule has 0 spiro atoms. The smallest absolute Gasteiger partial charge is 0.227 e. The SMILES string of the molecule is CNC(=O)C[C@@H](Cc1cscn1)C(=O)N(CC1(O)CCCCC1)[C@@H](CC1CCCCC1)[C@@H](O)[C@@H](O)CC(C)C. The summed E-state index contributed by atoms with van der Waals surface area (Å²) in [4.78, 5) is 33.1. The van der Waals surface area contributed by atoms with Crippen LogP contribution >= 0.6 is 11.3 Å². The number of nitrogens with one attached hydrogen (secondary N) is 1. The highest BCUT2D eigenvalue weighted by molar-refractivity contribution is 7.07. The molecule has 2 aliphatic rings. The molecular weight excluding hydrogens is 514 g/mol. The van der Waals surface area contributed by atoms with Crippen molar-refractivity contribution in [3.63, 3.8) is 0 Å². The van der Waals surface area contributed by atoms with Crippen molar-refractivity contribution < 1.29 is 24.9 Å². The van der Waals surface area contributed by atoms with Gasteiger partial charge in [-0.25, -0.2) is 4.98 Å². The van der Waals surface area contributed by atoms with E-state index in [-0.39, 0.29) is 30.7 Å². The number of amides is 2. The molecule has 0 saturated heterocycles. The first-order valence-corrected chi connectivity index (χ1v) is 16.0. The molecule has 0 unspecified atom stereocenters. The number of carbonyl (C=O) groups is 2. The summed E-state index contributed by atoms with van der Waals surface area (Å²) in [6.07, 6.45) is 8.79. The predicted octanol–water partition coefficient (Wildman–Crippen LogP) is 4.07. The normalized spacial score (nSPS) is 21.2. The van der Waals surface area contributed by atoms with Crippen LogP contribution in [0.1, 0.15) is 103 Å². The number of aromatic nitrogens is 1. The Balaban J connectivity index is 1.99. The van der Waals surface area contributed by atoms with Crippen LogP contribution in [0.3, 0.4) is 0 Å². The Hall–Kier alpha value is -1.55. The standard InChI is InChI=1S/C30H51N3O5S/c1-21(2)14-26(34)28(36)25(15-22-10-6-4-7-11-22)33(19-30(38)12-8-5-9-13-30)29(37)23(17-27(35)31-3)16-24-18-39-20-32-24/h18,20-23,25-26,28,34,36,38H,4-17,19H2,1-3H3,(H,31,35)/t23-,25+,26+,28-/m1/s1. The highest BCUT2D eigenvalue weighted by atomic mass is 32.1. The average Bonchev–Trinajstić information content (AvgIpc) is 3.43. The molecular formula is C30H51N3O5S. The molecule has 1 aromatic rings. The van der Waals surface area contributed by atoms with E-state index in [2.05, 4.69) is 10.3 Å². The Labute approximate surface area is 238 Å². The number of hydrogen-bond acceptors (Lipinski definition) is 7. The Morgan fingerprint density at radius 1 is 1.13 bits per heavy atom. The number of carbonyl (C=O) groups excluding carboxylic acids is 2. The molecule has 0 aromatic carbocycles. The molecule has 39 heavy (non-hydrogen) atoms. The van der Waals surface area contributed by atoms with Gasteiger partial charge >= 0.3 is 0 Å². The van der Waals surface area contributed by atoms with Crippen LogP contribution in [-0.4, -0.2) is 74.5 Å². The lowest BCUT2D eigenvalue weighted by Crippen LogP contribution is -2.58. The van der Waals surface area contributed by atoms with Gasteiger partial charge in [-0.3, -0.25) is 9.59 Å². The number of hydrogen-bond donors (Lipinski definition) is 4. The molecule has 8 nitrogen and oxygen atoms in total. The maximum Gasteiger partial charge on any atom is 0.227 e. The van der Waals surface area contributed by atoms with Crippen molar-refractivity contribution in [2.45, 2.75) is 128 Å². The Morgan fingerprint density at radius 3 is 2.38 bits per heavy atom. The van der Waals surface area contributed by atoms with Gasteiger partial charge in [0.15, 0.2) is 0 Å². The van der Waals surface area contributed by atoms with Crippen molar-refractivity contribution in [1.29, 1.82) is 0 Å². The van der Waals surface area contributed by atoms with Crippen LogP contribution in [0.5, 0.6) is 0 Å². The topological polar surface area (TPSA) is 123 Å². The van der Waals surface area contributed by atoms with E-state index in [0.717, 1.165) is 50.6 Å². The van der Waals surface area contributed by atoms with Gasteiger partial charge in [-0.2, -0.15) is 0 Å². The van der Waals surface area contributed by atoms with Crippen molar-refractivity contribution in [2.75, 3.05) is 13.6 Å². The summed E-state index contributed by atoms with van der Waals surface area (Å²) in [5.74, 6) is -0.631. The van der Waals surface area contributed by atoms with Crippen LogP contribution in [0, 0.1) is 17.8 Å². The average molecular weight is 566 g/mol. The van der Waals surface area contributed by atoms with Crippen molar-refractivity contribution in [3.05, 3.63) is 16.6 Å². The van der Waals surface area contributed by atoms with E-state index in [1.165, 1.54) is 17.8 Å². The lowest BCUT2D eigenvalue weighted by molar-refractivity contribution is -0.153. The fourth-order valence-electron chi connectivity index (χ4n) is 6.54. The summed E-state index contributed by atoms with van der Waals surface area (Å²) in [7, 11) is 1.56. The van der Waals surface area contributed by atoms with E-state index in [4.69, 9.17) is 0 Å². The lowest BCUT2D eigenvalue weighted by Gasteiger charge is -2.45. The van der Waals surface area contributed by atoms with E-state index in [1.54, 1.807) is 17.5 Å². The number of thiazole rings is 1. The Bertz CT molecular complexity index is 868. The van der Waals surface area contributed by atoms with Gasteiger partial charge in [0.25, 0.3) is 0 Å². The van der Waals surface area contributed by atoms with Crippen LogP contribution < -0.4 is 5.32 Å². The lowest BCUT2D eigenvalue weighted by atomic mass is 9.80. The van der Waals surface area contributed by atoms with Crippen molar-refractivity contribution >= 4 is 23.2 Å². The second-order valence-electron chi connectivity index (χ2n) is 12.5. The van der Waals surface area contributed by atoms with Crippen LogP contribution in [0.4, 0.5) is 0 Å². The quantitative estimate of drug-likeness (QED) is 0.270. The molecule has 222 valence electrons. The zero-order valence-corrected chi connectivity index (χ0v) is 25.0. The maximum atomic E-state index is 14.5. The summed E-state index contributed by atoms with van der Waals surface area (Å²) >= 11 is 1.45. The van der Waals surface area contributed by atoms with Crippen LogP contribution in [0.25, 0.3) is 0 Å². The first kappa shape index (κ1) is 32.0. The third-order valence-corrected chi connectivity index (χ3v) is 9.37.